The first-order chi connectivity index (χ1) is 24.2. The molecule has 9 rings (SSSR count). The van der Waals surface area contributed by atoms with Crippen LogP contribution in [-0.4, -0.2) is 32.5 Å². The van der Waals surface area contributed by atoms with Crippen LogP contribution in [-0.2, 0) is 0 Å². The number of allylic oxidation sites excluding steroid dienone is 3. The van der Waals surface area contributed by atoms with Crippen LogP contribution in [0.15, 0.2) is 180 Å². The van der Waals surface area contributed by atoms with Crippen molar-refractivity contribution in [2.24, 2.45) is 9.98 Å². The van der Waals surface area contributed by atoms with Crippen molar-refractivity contribution < 1.29 is 5.11 Å². The molecule has 6 aromatic rings. The summed E-state index contributed by atoms with van der Waals surface area (Å²) in [6.07, 6.45) is 8.51. The average molecular weight is 633 g/mol. The van der Waals surface area contributed by atoms with Gasteiger partial charge in [0, 0.05) is 44.4 Å². The van der Waals surface area contributed by atoms with Crippen LogP contribution in [0.3, 0.4) is 0 Å². The number of nitrogens with zero attached hydrogens (tertiary/aromatic N) is 2. The Bertz CT molecular complexity index is 2490. The molecule has 3 aliphatic heterocycles. The molecule has 5 heteroatoms. The fourth-order valence-electron chi connectivity index (χ4n) is 7.26. The van der Waals surface area contributed by atoms with Gasteiger partial charge in [-0.15, -0.1) is 0 Å². The normalized spacial score (nSPS) is 18.2. The largest absolute Gasteiger partial charge is 0.508 e. The maximum Gasteiger partial charge on any atom is 0.119 e. The van der Waals surface area contributed by atoms with Crippen LogP contribution < -0.4 is 10.7 Å². The summed E-state index contributed by atoms with van der Waals surface area (Å²) in [5.41, 5.74) is 11.6. The molecule has 8 bridgehead atoms. The topological polar surface area (TPSA) is 76.5 Å². The zero-order valence-corrected chi connectivity index (χ0v) is 26.6. The molecular formula is C44H32N4O. The predicted octanol–water partition coefficient (Wildman–Crippen LogP) is 7.44. The van der Waals surface area contributed by atoms with E-state index in [9.17, 15) is 5.11 Å². The van der Waals surface area contributed by atoms with Gasteiger partial charge in [-0.2, -0.15) is 0 Å². The lowest BCUT2D eigenvalue weighted by Gasteiger charge is -2.21. The van der Waals surface area contributed by atoms with E-state index in [-0.39, 0.29) is 17.7 Å². The number of aromatic nitrogens is 2. The number of hydrogen-bond donors (Lipinski definition) is 3. The van der Waals surface area contributed by atoms with Crippen LogP contribution in [0.25, 0.3) is 16.7 Å². The molecule has 5 nitrogen and oxygen atoms in total. The first kappa shape index (κ1) is 28.7. The summed E-state index contributed by atoms with van der Waals surface area (Å²) in [7, 11) is 0. The number of phenolic OH excluding ortho intramolecular Hbond substituents is 1. The molecule has 49 heavy (non-hydrogen) atoms. The van der Waals surface area contributed by atoms with E-state index in [0.29, 0.717) is 0 Å². The van der Waals surface area contributed by atoms with E-state index in [1.807, 2.05) is 36.4 Å². The van der Waals surface area contributed by atoms with Crippen LogP contribution in [0.2, 0.25) is 0 Å². The minimum absolute atomic E-state index is 0.245. The van der Waals surface area contributed by atoms with Crippen LogP contribution in [0.5, 0.6) is 5.75 Å². The highest BCUT2D eigenvalue weighted by molar-refractivity contribution is 6.31. The highest BCUT2D eigenvalue weighted by Crippen LogP contribution is 2.39. The molecule has 2 atom stereocenters. The Morgan fingerprint density at radius 3 is 1.76 bits per heavy atom. The number of benzene rings is 4. The van der Waals surface area contributed by atoms with Crippen LogP contribution >= 0.6 is 0 Å². The van der Waals surface area contributed by atoms with Gasteiger partial charge in [-0.1, -0.05) is 115 Å². The number of nitrogens with one attached hydrogen (secondary N) is 2. The lowest BCUT2D eigenvalue weighted by atomic mass is 9.88. The van der Waals surface area contributed by atoms with Gasteiger partial charge < -0.3 is 15.1 Å². The molecule has 2 unspecified atom stereocenters. The van der Waals surface area contributed by atoms with Gasteiger partial charge in [-0.3, -0.25) is 4.99 Å². The molecule has 3 aliphatic rings. The highest BCUT2D eigenvalue weighted by Gasteiger charge is 2.31. The summed E-state index contributed by atoms with van der Waals surface area (Å²) < 4.78 is 0. The zero-order chi connectivity index (χ0) is 32.7. The van der Waals surface area contributed by atoms with Crippen LogP contribution in [0, 0.1) is 0 Å². The molecule has 0 saturated heterocycles. The van der Waals surface area contributed by atoms with Gasteiger partial charge in [0.05, 0.1) is 29.1 Å². The van der Waals surface area contributed by atoms with Gasteiger partial charge in [0.15, 0.2) is 0 Å². The number of phenols is 1. The highest BCUT2D eigenvalue weighted by atomic mass is 16.3. The third-order valence-corrected chi connectivity index (χ3v) is 9.49. The van der Waals surface area contributed by atoms with Crippen LogP contribution in [0.4, 0.5) is 0 Å². The number of aromatic hydroxyl groups is 1. The molecular weight excluding hydrogens is 601 g/mol. The minimum Gasteiger partial charge on any atom is -0.508 e. The fraction of sp³-hybridized carbons (Fsp3) is 0.0455. The molecule has 234 valence electrons. The van der Waals surface area contributed by atoms with E-state index in [0.717, 1.165) is 78.2 Å². The maximum absolute atomic E-state index is 11.2. The quantitative estimate of drug-likeness (QED) is 0.186. The van der Waals surface area contributed by atoms with Gasteiger partial charge in [0.1, 0.15) is 5.75 Å². The van der Waals surface area contributed by atoms with E-state index in [4.69, 9.17) is 9.98 Å². The van der Waals surface area contributed by atoms with E-state index >= 15 is 0 Å². The predicted molar refractivity (Wildman–Crippen MR) is 198 cm³/mol. The number of hydrogen-bond acceptors (Lipinski definition) is 3. The number of aliphatic imine (C=N–C) groups is 2. The number of H-pyrrole nitrogens is 2. The fourth-order valence-corrected chi connectivity index (χ4v) is 7.26. The Morgan fingerprint density at radius 2 is 1.10 bits per heavy atom. The number of rotatable bonds is 4. The molecule has 3 N–H and O–H groups in total. The molecule has 0 fully saturated rings. The Hall–Kier alpha value is -6.46. The lowest BCUT2D eigenvalue weighted by Crippen LogP contribution is -2.21. The number of fused-ring (bicyclic) bond motifs is 6. The smallest absolute Gasteiger partial charge is 0.119 e. The van der Waals surface area contributed by atoms with Crippen LogP contribution in [0.1, 0.15) is 39.6 Å². The number of aromatic amines is 2. The second-order valence-corrected chi connectivity index (χ2v) is 12.5. The van der Waals surface area contributed by atoms with Crippen molar-refractivity contribution in [3.8, 4) is 5.75 Å². The van der Waals surface area contributed by atoms with Crippen molar-refractivity contribution in [2.45, 2.75) is 12.0 Å². The van der Waals surface area contributed by atoms with Gasteiger partial charge in [-0.05, 0) is 65.3 Å². The second kappa shape index (κ2) is 12.0. The van der Waals surface area contributed by atoms with Crippen molar-refractivity contribution in [3.05, 3.63) is 214 Å². The van der Waals surface area contributed by atoms with E-state index in [2.05, 4.69) is 131 Å². The summed E-state index contributed by atoms with van der Waals surface area (Å²) in [6.45, 7) is 0. The molecule has 0 radical (unpaired) electrons. The van der Waals surface area contributed by atoms with E-state index in [1.54, 1.807) is 6.07 Å². The molecule has 2 aromatic heterocycles. The number of para-hydroxylation sites is 1. The third-order valence-electron chi connectivity index (χ3n) is 9.49. The van der Waals surface area contributed by atoms with Gasteiger partial charge in [0.2, 0.25) is 0 Å². The first-order valence-corrected chi connectivity index (χ1v) is 16.6. The maximum atomic E-state index is 11.2. The lowest BCUT2D eigenvalue weighted by molar-refractivity contribution is 0.461. The van der Waals surface area contributed by atoms with E-state index in [1.165, 1.54) is 0 Å². The third kappa shape index (κ3) is 5.13. The molecule has 4 aromatic carbocycles. The minimum atomic E-state index is -0.258. The van der Waals surface area contributed by atoms with Gasteiger partial charge in [0.25, 0.3) is 0 Å². The standard InChI is InChI=1S/C44H32N4O/c49-40-19-11-10-18-31(40)44-38-26-24-36(47-38)42(29-14-6-2-7-15-29)34-22-20-32(45-34)41(28-12-4-1-5-13-28)33-21-23-35(46-33)43(30-16-8-3-9-17-30)37-25-27-39(44)48-37/h1-27,38,44-45,48-49H. The molecule has 0 saturated carbocycles. The molecule has 0 spiro atoms. The first-order valence-electron chi connectivity index (χ1n) is 16.6. The van der Waals surface area contributed by atoms with Crippen molar-refractivity contribution in [2.75, 3.05) is 0 Å². The summed E-state index contributed by atoms with van der Waals surface area (Å²) in [5.74, 6) is -0.0129. The molecule has 0 amide bonds. The Morgan fingerprint density at radius 1 is 0.510 bits per heavy atom. The van der Waals surface area contributed by atoms with Gasteiger partial charge >= 0.3 is 0 Å². The summed E-state index contributed by atoms with van der Waals surface area (Å²) >= 11 is 0. The summed E-state index contributed by atoms with van der Waals surface area (Å²) in [6, 6.07) is 47.1. The van der Waals surface area contributed by atoms with Crippen molar-refractivity contribution in [3.63, 3.8) is 0 Å². The zero-order valence-electron chi connectivity index (χ0n) is 26.6. The van der Waals surface area contributed by atoms with Crippen molar-refractivity contribution in [1.82, 2.24) is 9.97 Å². The summed E-state index contributed by atoms with van der Waals surface area (Å²) in [4.78, 5) is 18.3. The molecule has 0 aliphatic carbocycles. The molecule has 5 heterocycles. The summed E-state index contributed by atoms with van der Waals surface area (Å²) in [5, 5.41) is 13.1. The Labute approximate surface area is 284 Å². The Balaban J connectivity index is 1.39. The van der Waals surface area contributed by atoms with Crippen molar-refractivity contribution >= 4 is 28.1 Å². The SMILES string of the molecule is Oc1ccccc1C1c2ccc([nH]2)C(c2ccccc2)=C2C=CC(=N2)C(c2ccccc2)=c2ccc([nH]2)=C(c2ccccc2)C2=NC1C=C2. The Kier molecular flexibility index (Phi) is 7.02. The van der Waals surface area contributed by atoms with Crippen molar-refractivity contribution in [1.29, 1.82) is 0 Å². The average Bonchev–Trinajstić information content (AvgIpc) is 3.98. The monoisotopic (exact) mass is 632 g/mol. The van der Waals surface area contributed by atoms with Gasteiger partial charge in [-0.25, -0.2) is 4.99 Å². The van der Waals surface area contributed by atoms with E-state index < -0.39 is 0 Å². The second-order valence-electron chi connectivity index (χ2n) is 12.5.